The SMILES string of the molecule is CCCC1CCCN(S(=O)(=O)c2ccc(Cl)cc2N)CC1. The lowest BCUT2D eigenvalue weighted by atomic mass is 9.96. The highest BCUT2D eigenvalue weighted by atomic mass is 35.5. The molecule has 21 heavy (non-hydrogen) atoms. The lowest BCUT2D eigenvalue weighted by molar-refractivity contribution is 0.400. The smallest absolute Gasteiger partial charge is 0.245 e. The molecule has 0 aliphatic carbocycles. The molecule has 4 nitrogen and oxygen atoms in total. The topological polar surface area (TPSA) is 63.4 Å². The fourth-order valence-corrected chi connectivity index (χ4v) is 4.74. The number of hydrogen-bond acceptors (Lipinski definition) is 3. The molecule has 1 aliphatic heterocycles. The molecular formula is C15H23ClN2O2S. The van der Waals surface area contributed by atoms with Crippen molar-refractivity contribution in [3.8, 4) is 0 Å². The Morgan fingerprint density at radius 2 is 2.10 bits per heavy atom. The van der Waals surface area contributed by atoms with Crippen molar-refractivity contribution < 1.29 is 8.42 Å². The number of rotatable bonds is 4. The molecule has 0 radical (unpaired) electrons. The molecule has 118 valence electrons. The summed E-state index contributed by atoms with van der Waals surface area (Å²) < 4.78 is 27.1. The Morgan fingerprint density at radius 1 is 1.33 bits per heavy atom. The molecule has 6 heteroatoms. The summed E-state index contributed by atoms with van der Waals surface area (Å²) in [6.07, 6.45) is 5.28. The standard InChI is InChI=1S/C15H23ClN2O2S/c1-2-4-12-5-3-9-18(10-8-12)21(19,20)15-7-6-13(16)11-14(15)17/h6-7,11-12H,2-5,8-10,17H2,1H3. The third-order valence-electron chi connectivity index (χ3n) is 4.09. The summed E-state index contributed by atoms with van der Waals surface area (Å²) in [6, 6.07) is 4.57. The van der Waals surface area contributed by atoms with Crippen molar-refractivity contribution in [1.29, 1.82) is 0 Å². The lowest BCUT2D eigenvalue weighted by Gasteiger charge is -2.21. The van der Waals surface area contributed by atoms with Gasteiger partial charge in [0.1, 0.15) is 4.90 Å². The van der Waals surface area contributed by atoms with Gasteiger partial charge in [-0.15, -0.1) is 0 Å². The zero-order valence-electron chi connectivity index (χ0n) is 12.4. The lowest BCUT2D eigenvalue weighted by Crippen LogP contribution is -2.32. The zero-order chi connectivity index (χ0) is 15.5. The molecule has 0 bridgehead atoms. The number of nitrogens with zero attached hydrogens (tertiary/aromatic N) is 1. The van der Waals surface area contributed by atoms with Crippen molar-refractivity contribution in [3.63, 3.8) is 0 Å². The van der Waals surface area contributed by atoms with E-state index in [1.54, 1.807) is 10.4 Å². The van der Waals surface area contributed by atoms with Gasteiger partial charge >= 0.3 is 0 Å². The molecule has 0 amide bonds. The highest BCUT2D eigenvalue weighted by Crippen LogP contribution is 2.29. The van der Waals surface area contributed by atoms with Crippen LogP contribution in [0.2, 0.25) is 5.02 Å². The van der Waals surface area contributed by atoms with E-state index in [0.717, 1.165) is 25.7 Å². The van der Waals surface area contributed by atoms with Gasteiger partial charge in [-0.3, -0.25) is 0 Å². The first kappa shape index (κ1) is 16.6. The molecule has 2 N–H and O–H groups in total. The number of nitrogens with two attached hydrogens (primary N) is 1. The van der Waals surface area contributed by atoms with E-state index in [1.807, 2.05) is 0 Å². The van der Waals surface area contributed by atoms with E-state index in [1.165, 1.54) is 18.6 Å². The van der Waals surface area contributed by atoms with E-state index < -0.39 is 10.0 Å². The van der Waals surface area contributed by atoms with Crippen molar-refractivity contribution in [2.24, 2.45) is 5.92 Å². The number of halogens is 1. The van der Waals surface area contributed by atoms with E-state index in [0.29, 0.717) is 24.0 Å². The Hall–Kier alpha value is -0.780. The van der Waals surface area contributed by atoms with Crippen LogP contribution in [0.1, 0.15) is 39.0 Å². The molecule has 1 aromatic rings. The first-order valence-electron chi connectivity index (χ1n) is 7.50. The van der Waals surface area contributed by atoms with Gasteiger partial charge in [0.2, 0.25) is 10.0 Å². The Morgan fingerprint density at radius 3 is 2.76 bits per heavy atom. The Bertz CT molecular complexity index is 589. The summed E-state index contributed by atoms with van der Waals surface area (Å²) in [6.45, 7) is 3.33. The largest absolute Gasteiger partial charge is 0.398 e. The third-order valence-corrected chi connectivity index (χ3v) is 6.30. The van der Waals surface area contributed by atoms with Crippen LogP contribution in [-0.4, -0.2) is 25.8 Å². The molecule has 1 heterocycles. The molecule has 0 spiro atoms. The van der Waals surface area contributed by atoms with Gasteiger partial charge in [0.15, 0.2) is 0 Å². The van der Waals surface area contributed by atoms with Crippen molar-refractivity contribution in [2.75, 3.05) is 18.8 Å². The highest BCUT2D eigenvalue weighted by molar-refractivity contribution is 7.89. The Labute approximate surface area is 132 Å². The maximum Gasteiger partial charge on any atom is 0.245 e. The van der Waals surface area contributed by atoms with Gasteiger partial charge < -0.3 is 5.73 Å². The molecule has 0 aromatic heterocycles. The quantitative estimate of drug-likeness (QED) is 0.859. The molecule has 1 unspecified atom stereocenters. The van der Waals surface area contributed by atoms with Crippen LogP contribution in [0.5, 0.6) is 0 Å². The summed E-state index contributed by atoms with van der Waals surface area (Å²) in [7, 11) is -3.52. The molecule has 2 rings (SSSR count). The first-order valence-corrected chi connectivity index (χ1v) is 9.32. The van der Waals surface area contributed by atoms with Crippen LogP contribution in [-0.2, 0) is 10.0 Å². The van der Waals surface area contributed by atoms with Gasteiger partial charge in [-0.1, -0.05) is 31.4 Å². The van der Waals surface area contributed by atoms with E-state index in [2.05, 4.69) is 6.92 Å². The van der Waals surface area contributed by atoms with Gasteiger partial charge in [0, 0.05) is 18.1 Å². The number of anilines is 1. The second-order valence-corrected chi connectivity index (χ2v) is 8.01. The molecule has 1 saturated heterocycles. The molecule has 1 aromatic carbocycles. The highest BCUT2D eigenvalue weighted by Gasteiger charge is 2.28. The third kappa shape index (κ3) is 3.90. The second-order valence-electron chi connectivity index (χ2n) is 5.67. The van der Waals surface area contributed by atoms with Crippen LogP contribution in [0.4, 0.5) is 5.69 Å². The van der Waals surface area contributed by atoms with Gasteiger partial charge in [0.25, 0.3) is 0 Å². The van der Waals surface area contributed by atoms with Crippen LogP contribution in [0.3, 0.4) is 0 Å². The number of benzene rings is 1. The first-order chi connectivity index (χ1) is 9.95. The van der Waals surface area contributed by atoms with Crippen LogP contribution in [0.25, 0.3) is 0 Å². The van der Waals surface area contributed by atoms with E-state index in [-0.39, 0.29) is 10.6 Å². The minimum Gasteiger partial charge on any atom is -0.398 e. The van der Waals surface area contributed by atoms with Gasteiger partial charge in [0.05, 0.1) is 5.69 Å². The number of sulfonamides is 1. The maximum absolute atomic E-state index is 12.7. The van der Waals surface area contributed by atoms with Crippen LogP contribution < -0.4 is 5.73 Å². The molecule has 1 atom stereocenters. The van der Waals surface area contributed by atoms with Gasteiger partial charge in [-0.25, -0.2) is 8.42 Å². The fraction of sp³-hybridized carbons (Fsp3) is 0.600. The Kier molecular flexibility index (Phi) is 5.52. The summed E-state index contributed by atoms with van der Waals surface area (Å²) in [5.74, 6) is 0.637. The predicted molar refractivity (Wildman–Crippen MR) is 86.9 cm³/mol. The Balaban J connectivity index is 2.19. The fourth-order valence-electron chi connectivity index (χ4n) is 2.97. The second kappa shape index (κ2) is 6.99. The van der Waals surface area contributed by atoms with Gasteiger partial charge in [-0.2, -0.15) is 4.31 Å². The summed E-state index contributed by atoms with van der Waals surface area (Å²) in [5.41, 5.74) is 6.06. The monoisotopic (exact) mass is 330 g/mol. The number of nitrogen functional groups attached to an aromatic ring is 1. The average molecular weight is 331 g/mol. The van der Waals surface area contributed by atoms with Crippen LogP contribution >= 0.6 is 11.6 Å². The van der Waals surface area contributed by atoms with Gasteiger partial charge in [-0.05, 0) is 43.4 Å². The minimum atomic E-state index is -3.52. The normalized spacial score (nSPS) is 21.1. The van der Waals surface area contributed by atoms with Crippen molar-refractivity contribution >= 4 is 27.3 Å². The predicted octanol–water partition coefficient (Wildman–Crippen LogP) is 3.51. The van der Waals surface area contributed by atoms with Crippen LogP contribution in [0, 0.1) is 5.92 Å². The molecular weight excluding hydrogens is 308 g/mol. The zero-order valence-corrected chi connectivity index (χ0v) is 14.0. The van der Waals surface area contributed by atoms with E-state index in [4.69, 9.17) is 17.3 Å². The average Bonchev–Trinajstić information content (AvgIpc) is 2.65. The maximum atomic E-state index is 12.7. The summed E-state index contributed by atoms with van der Waals surface area (Å²) >= 11 is 5.84. The molecule has 1 fully saturated rings. The van der Waals surface area contributed by atoms with Crippen molar-refractivity contribution in [2.45, 2.75) is 43.9 Å². The molecule has 0 saturated carbocycles. The summed E-state index contributed by atoms with van der Waals surface area (Å²) in [4.78, 5) is 0.167. The van der Waals surface area contributed by atoms with Crippen LogP contribution in [0.15, 0.2) is 23.1 Å². The minimum absolute atomic E-state index is 0.167. The van der Waals surface area contributed by atoms with Crippen molar-refractivity contribution in [1.82, 2.24) is 4.31 Å². The van der Waals surface area contributed by atoms with E-state index >= 15 is 0 Å². The van der Waals surface area contributed by atoms with E-state index in [9.17, 15) is 8.42 Å². The summed E-state index contributed by atoms with van der Waals surface area (Å²) in [5, 5.41) is 0.449. The molecule has 1 aliphatic rings. The van der Waals surface area contributed by atoms with Crippen molar-refractivity contribution in [3.05, 3.63) is 23.2 Å². The number of hydrogen-bond donors (Lipinski definition) is 1.